The number of carbonyl (C=O) groups is 2. The van der Waals surface area contributed by atoms with E-state index >= 15 is 0 Å². The van der Waals surface area contributed by atoms with Gasteiger partial charge >= 0.3 is 10.2 Å². The maximum Gasteiger partial charge on any atom is 0.303 e. The lowest BCUT2D eigenvalue weighted by atomic mass is 9.68. The second-order valence-corrected chi connectivity index (χ2v) is 19.2. The molecule has 13 nitrogen and oxygen atoms in total. The van der Waals surface area contributed by atoms with Crippen molar-refractivity contribution in [2.75, 3.05) is 85.2 Å². The van der Waals surface area contributed by atoms with Gasteiger partial charge in [-0.2, -0.15) is 12.7 Å². The molecule has 3 aliphatic heterocycles. The van der Waals surface area contributed by atoms with Crippen molar-refractivity contribution >= 4 is 39.3 Å². The van der Waals surface area contributed by atoms with Gasteiger partial charge in [0.2, 0.25) is 5.91 Å². The molecule has 2 aromatic carbocycles. The lowest BCUT2D eigenvalue weighted by molar-refractivity contribution is -0.148. The van der Waals surface area contributed by atoms with Crippen molar-refractivity contribution in [1.82, 2.24) is 18.8 Å². The van der Waals surface area contributed by atoms with E-state index in [1.54, 1.807) is 25.2 Å². The van der Waals surface area contributed by atoms with Crippen LogP contribution in [-0.4, -0.2) is 132 Å². The van der Waals surface area contributed by atoms with Crippen molar-refractivity contribution in [3.63, 3.8) is 0 Å². The number of nitrogens with one attached hydrogen (secondary N) is 1. The fourth-order valence-electron chi connectivity index (χ4n) is 9.21. The van der Waals surface area contributed by atoms with Crippen molar-refractivity contribution in [2.45, 2.75) is 75.0 Å². The van der Waals surface area contributed by atoms with Crippen molar-refractivity contribution in [1.29, 1.82) is 0 Å². The standard InChI is InChI=1S/C42H58ClN5O8S/c1-29-26-54-20-18-47(29)19-21-55-37-9-5-6-17-46(4)39(49)24-42(51,40(50)44-57(52,53)45(2)3)32-11-15-38-36(23-32)48(25-31-10-13-34(31)37)27-41(28-56-38)16-7-8-30-22-33(43)12-14-35(30)41/h5,9,11-12,14-15,22-23,29,31,34,37,51H,6-8,10,13,16-21,24-28H2,1-4H3,(H,44,50)/t29-,31-,34+,37-,41-,42+/m0/s1. The third-order valence-corrected chi connectivity index (χ3v) is 14.6. The summed E-state index contributed by atoms with van der Waals surface area (Å²) in [5, 5.41) is 13.1. The number of halogens is 1. The van der Waals surface area contributed by atoms with Gasteiger partial charge in [-0.1, -0.05) is 35.9 Å². The van der Waals surface area contributed by atoms with Gasteiger partial charge in [0.15, 0.2) is 5.60 Å². The van der Waals surface area contributed by atoms with Gasteiger partial charge in [0.05, 0.1) is 44.6 Å². The normalized spacial score (nSPS) is 29.9. The number of anilines is 1. The smallest absolute Gasteiger partial charge is 0.303 e. The Kier molecular flexibility index (Phi) is 12.6. The van der Waals surface area contributed by atoms with Gasteiger partial charge in [-0.05, 0) is 98.2 Å². The first-order valence-electron chi connectivity index (χ1n) is 20.3. The van der Waals surface area contributed by atoms with E-state index in [1.165, 1.54) is 30.1 Å². The number of morpholine rings is 1. The van der Waals surface area contributed by atoms with E-state index in [2.05, 4.69) is 41.0 Å². The first-order chi connectivity index (χ1) is 27.2. The van der Waals surface area contributed by atoms with Gasteiger partial charge in [-0.25, -0.2) is 4.72 Å². The minimum Gasteiger partial charge on any atom is -0.490 e. The number of amides is 2. The third kappa shape index (κ3) is 8.88. The summed E-state index contributed by atoms with van der Waals surface area (Å²) in [5.74, 6) is -0.611. The van der Waals surface area contributed by atoms with Crippen LogP contribution in [0.1, 0.15) is 62.1 Å². The predicted molar refractivity (Wildman–Crippen MR) is 219 cm³/mol. The number of benzene rings is 2. The van der Waals surface area contributed by atoms with Crippen LogP contribution < -0.4 is 14.4 Å². The van der Waals surface area contributed by atoms with Crippen molar-refractivity contribution in [3.8, 4) is 5.75 Å². The zero-order valence-electron chi connectivity index (χ0n) is 33.6. The Balaban J connectivity index is 1.28. The fourth-order valence-corrected chi connectivity index (χ4v) is 9.99. The maximum absolute atomic E-state index is 14.0. The molecule has 1 spiro atoms. The van der Waals surface area contributed by atoms with E-state index in [1.807, 2.05) is 10.8 Å². The van der Waals surface area contributed by atoms with Crippen LogP contribution in [-0.2, 0) is 46.7 Å². The minimum absolute atomic E-state index is 0.102. The van der Waals surface area contributed by atoms with Crippen LogP contribution in [0.3, 0.4) is 0 Å². The molecular formula is C42H58ClN5O8S. The molecular weight excluding hydrogens is 770 g/mol. The maximum atomic E-state index is 14.0. The molecule has 0 unspecified atom stereocenters. The zero-order chi connectivity index (χ0) is 40.5. The van der Waals surface area contributed by atoms with E-state index in [-0.39, 0.29) is 28.9 Å². The molecule has 2 aromatic rings. The highest BCUT2D eigenvalue weighted by molar-refractivity contribution is 7.87. The molecule has 5 aliphatic rings. The number of ether oxygens (including phenoxy) is 3. The monoisotopic (exact) mass is 827 g/mol. The lowest BCUT2D eigenvalue weighted by Crippen LogP contribution is -2.52. The summed E-state index contributed by atoms with van der Waals surface area (Å²) in [5.41, 5.74) is 0.322. The number of hydrogen-bond donors (Lipinski definition) is 2. The number of fused-ring (bicyclic) bond motifs is 4. The second-order valence-electron chi connectivity index (χ2n) is 16.9. The van der Waals surface area contributed by atoms with E-state index in [9.17, 15) is 23.1 Å². The van der Waals surface area contributed by atoms with Crippen LogP contribution in [0, 0.1) is 11.8 Å². The number of aliphatic hydroxyl groups is 1. The van der Waals surface area contributed by atoms with Crippen molar-refractivity contribution in [3.05, 3.63) is 70.3 Å². The van der Waals surface area contributed by atoms with Crippen molar-refractivity contribution < 1.29 is 37.3 Å². The molecule has 3 heterocycles. The first-order valence-corrected chi connectivity index (χ1v) is 22.1. The summed E-state index contributed by atoms with van der Waals surface area (Å²) < 4.78 is 47.8. The Morgan fingerprint density at radius 1 is 1.16 bits per heavy atom. The SMILES string of the molecule is C[C@H]1COCCN1CCO[C@H]1C=CCCN(C)C(=O)C[C@](O)(C(=O)NS(=O)(=O)N(C)C)c2ccc3c(c2)N(C[C@@H]2CC[C@H]21)C[C@@]1(CCCc2cc(Cl)ccc21)CO3. The molecule has 0 radical (unpaired) electrons. The van der Waals surface area contributed by atoms with Crippen LogP contribution in [0.25, 0.3) is 0 Å². The number of carbonyl (C=O) groups excluding carboxylic acids is 2. The van der Waals surface area contributed by atoms with Crippen LogP contribution in [0.5, 0.6) is 5.75 Å². The summed E-state index contributed by atoms with van der Waals surface area (Å²) >= 11 is 6.50. The average Bonchev–Trinajstić information content (AvgIpc) is 3.31. The van der Waals surface area contributed by atoms with Gasteiger partial charge in [0.1, 0.15) is 5.75 Å². The van der Waals surface area contributed by atoms with E-state index in [0.29, 0.717) is 61.8 Å². The molecule has 0 aromatic heterocycles. The van der Waals surface area contributed by atoms with E-state index in [0.717, 1.165) is 62.7 Å². The molecule has 7 rings (SSSR count). The average molecular weight is 828 g/mol. The van der Waals surface area contributed by atoms with Crippen molar-refractivity contribution in [2.24, 2.45) is 11.8 Å². The quantitative estimate of drug-likeness (QED) is 0.396. The third-order valence-electron chi connectivity index (χ3n) is 12.9. The molecule has 312 valence electrons. The molecule has 1 saturated heterocycles. The molecule has 2 N–H and O–H groups in total. The van der Waals surface area contributed by atoms with Crippen LogP contribution >= 0.6 is 11.6 Å². The van der Waals surface area contributed by atoms with Crippen LogP contribution in [0.15, 0.2) is 48.6 Å². The van der Waals surface area contributed by atoms with Crippen LogP contribution in [0.4, 0.5) is 5.69 Å². The fraction of sp³-hybridized carbons (Fsp3) is 0.619. The van der Waals surface area contributed by atoms with Gasteiger partial charge in [-0.3, -0.25) is 14.5 Å². The lowest BCUT2D eigenvalue weighted by Gasteiger charge is -2.46. The summed E-state index contributed by atoms with van der Waals surface area (Å²) in [7, 11) is -0.116. The van der Waals surface area contributed by atoms with E-state index < -0.39 is 34.0 Å². The highest BCUT2D eigenvalue weighted by Crippen LogP contribution is 2.48. The Hall–Kier alpha value is -3.24. The minimum atomic E-state index is -4.30. The summed E-state index contributed by atoms with van der Waals surface area (Å²) in [6.45, 7) is 7.96. The van der Waals surface area contributed by atoms with E-state index in [4.69, 9.17) is 25.8 Å². The highest BCUT2D eigenvalue weighted by atomic mass is 35.5. The van der Waals surface area contributed by atoms with Gasteiger partial charge in [-0.15, -0.1) is 0 Å². The predicted octanol–water partition coefficient (Wildman–Crippen LogP) is 3.86. The Bertz CT molecular complexity index is 1950. The molecule has 2 aliphatic carbocycles. The summed E-state index contributed by atoms with van der Waals surface area (Å²) in [4.78, 5) is 34.0. The molecule has 2 amide bonds. The first kappa shape index (κ1) is 41.9. The van der Waals surface area contributed by atoms with Gasteiger partial charge in [0, 0.05) is 70.3 Å². The molecule has 2 bridgehead atoms. The number of aryl methyl sites for hydroxylation is 1. The second kappa shape index (κ2) is 17.2. The molecule has 2 fully saturated rings. The molecule has 57 heavy (non-hydrogen) atoms. The Morgan fingerprint density at radius 2 is 1.98 bits per heavy atom. The van der Waals surface area contributed by atoms with Crippen LogP contribution in [0.2, 0.25) is 5.02 Å². The number of nitrogens with zero attached hydrogens (tertiary/aromatic N) is 4. The molecule has 1 saturated carbocycles. The van der Waals surface area contributed by atoms with Gasteiger partial charge in [0.25, 0.3) is 5.91 Å². The Labute approximate surface area is 342 Å². The largest absolute Gasteiger partial charge is 0.490 e. The molecule has 6 atom stereocenters. The Morgan fingerprint density at radius 3 is 2.74 bits per heavy atom. The summed E-state index contributed by atoms with van der Waals surface area (Å²) in [6, 6.07) is 11.5. The summed E-state index contributed by atoms with van der Waals surface area (Å²) in [6.07, 6.45) is 8.79. The number of rotatable bonds is 7. The highest BCUT2D eigenvalue weighted by Gasteiger charge is 2.47. The topological polar surface area (TPSA) is 141 Å². The molecule has 15 heteroatoms. The number of hydrogen-bond acceptors (Lipinski definition) is 10. The zero-order valence-corrected chi connectivity index (χ0v) is 35.2. The van der Waals surface area contributed by atoms with Gasteiger partial charge < -0.3 is 29.1 Å².